The van der Waals surface area contributed by atoms with E-state index in [2.05, 4.69) is 43.4 Å². The predicted molar refractivity (Wildman–Crippen MR) is 107 cm³/mol. The summed E-state index contributed by atoms with van der Waals surface area (Å²) in [5, 5.41) is 13.4. The number of rotatable bonds is 15. The number of hydrogen-bond acceptors (Lipinski definition) is 2. The Morgan fingerprint density at radius 3 is 2.04 bits per heavy atom. The van der Waals surface area contributed by atoms with Gasteiger partial charge in [-0.1, -0.05) is 83.8 Å². The van der Waals surface area contributed by atoms with E-state index in [1.165, 1.54) is 69.8 Å². The molecule has 0 radical (unpaired) electrons. The van der Waals surface area contributed by atoms with Gasteiger partial charge in [0.1, 0.15) is 0 Å². The summed E-state index contributed by atoms with van der Waals surface area (Å²) in [6.07, 6.45) is 14.9. The monoisotopic (exact) mass is 333 g/mol. The highest BCUT2D eigenvalue weighted by Gasteiger charge is 2.03. The van der Waals surface area contributed by atoms with Gasteiger partial charge in [-0.15, -0.1) is 0 Å². The van der Waals surface area contributed by atoms with Crippen molar-refractivity contribution in [3.8, 4) is 0 Å². The summed E-state index contributed by atoms with van der Waals surface area (Å²) < 4.78 is 0. The van der Waals surface area contributed by atoms with Crippen molar-refractivity contribution in [1.82, 2.24) is 0 Å². The van der Waals surface area contributed by atoms with Gasteiger partial charge < -0.3 is 10.4 Å². The van der Waals surface area contributed by atoms with Crippen LogP contribution in [0.3, 0.4) is 0 Å². The molecule has 2 N–H and O–H groups in total. The Bertz CT molecular complexity index is 387. The Morgan fingerprint density at radius 2 is 1.38 bits per heavy atom. The van der Waals surface area contributed by atoms with Crippen LogP contribution in [0.1, 0.15) is 90.0 Å². The van der Waals surface area contributed by atoms with E-state index >= 15 is 0 Å². The minimum absolute atomic E-state index is 0.232. The number of aryl methyl sites for hydroxylation is 1. The SMILES string of the molecule is CCCCCCCCc1ccc(NC[C@H](O)CCCCCC)cc1. The number of hydrogen-bond donors (Lipinski definition) is 2. The predicted octanol–water partition coefficient (Wildman–Crippen LogP) is 6.33. The van der Waals surface area contributed by atoms with E-state index in [0.29, 0.717) is 6.54 Å². The molecule has 138 valence electrons. The van der Waals surface area contributed by atoms with Crippen molar-refractivity contribution in [2.75, 3.05) is 11.9 Å². The van der Waals surface area contributed by atoms with E-state index in [0.717, 1.165) is 18.5 Å². The molecule has 0 amide bonds. The van der Waals surface area contributed by atoms with Gasteiger partial charge in [0.05, 0.1) is 6.10 Å². The van der Waals surface area contributed by atoms with Gasteiger partial charge in [0.15, 0.2) is 0 Å². The zero-order valence-corrected chi connectivity index (χ0v) is 16.0. The van der Waals surface area contributed by atoms with E-state index < -0.39 is 0 Å². The first kappa shape index (κ1) is 21.0. The molecule has 1 atom stereocenters. The molecule has 0 spiro atoms. The van der Waals surface area contributed by atoms with Gasteiger partial charge in [-0.25, -0.2) is 0 Å². The minimum Gasteiger partial charge on any atom is -0.391 e. The first-order valence-electron chi connectivity index (χ1n) is 10.3. The molecule has 0 aliphatic heterocycles. The van der Waals surface area contributed by atoms with Crippen molar-refractivity contribution >= 4 is 5.69 Å². The summed E-state index contributed by atoms with van der Waals surface area (Å²) in [6.45, 7) is 5.14. The first-order chi connectivity index (χ1) is 11.8. The summed E-state index contributed by atoms with van der Waals surface area (Å²) in [7, 11) is 0. The van der Waals surface area contributed by atoms with Crippen LogP contribution in [-0.2, 0) is 6.42 Å². The molecular weight excluding hydrogens is 294 g/mol. The Kier molecular flexibility index (Phi) is 12.6. The third kappa shape index (κ3) is 10.7. The number of aliphatic hydroxyl groups excluding tert-OH is 1. The number of nitrogens with one attached hydrogen (secondary N) is 1. The zero-order valence-electron chi connectivity index (χ0n) is 16.0. The zero-order chi connectivity index (χ0) is 17.5. The second-order valence-corrected chi connectivity index (χ2v) is 7.10. The number of unbranched alkanes of at least 4 members (excludes halogenated alkanes) is 8. The van der Waals surface area contributed by atoms with Crippen molar-refractivity contribution in [2.45, 2.75) is 97.0 Å². The molecule has 0 bridgehead atoms. The summed E-state index contributed by atoms with van der Waals surface area (Å²) in [6, 6.07) is 8.75. The Balaban J connectivity index is 2.13. The lowest BCUT2D eigenvalue weighted by atomic mass is 10.0. The average Bonchev–Trinajstić information content (AvgIpc) is 2.61. The molecule has 0 saturated heterocycles. The van der Waals surface area contributed by atoms with Gasteiger partial charge >= 0.3 is 0 Å². The topological polar surface area (TPSA) is 32.3 Å². The molecule has 2 heteroatoms. The quantitative estimate of drug-likeness (QED) is 0.367. The van der Waals surface area contributed by atoms with Crippen LogP contribution in [0.4, 0.5) is 5.69 Å². The van der Waals surface area contributed by atoms with Crippen LogP contribution < -0.4 is 5.32 Å². The van der Waals surface area contributed by atoms with E-state index in [4.69, 9.17) is 0 Å². The average molecular weight is 334 g/mol. The van der Waals surface area contributed by atoms with Gasteiger partial charge in [-0.05, 0) is 37.0 Å². The molecule has 0 saturated carbocycles. The summed E-state index contributed by atoms with van der Waals surface area (Å²) in [5.41, 5.74) is 2.55. The minimum atomic E-state index is -0.232. The van der Waals surface area contributed by atoms with Crippen LogP contribution in [0.25, 0.3) is 0 Å². The van der Waals surface area contributed by atoms with Gasteiger partial charge in [0.2, 0.25) is 0 Å². The number of anilines is 1. The third-order valence-corrected chi connectivity index (χ3v) is 4.71. The van der Waals surface area contributed by atoms with Crippen LogP contribution >= 0.6 is 0 Å². The lowest BCUT2D eigenvalue weighted by molar-refractivity contribution is 0.173. The highest BCUT2D eigenvalue weighted by Crippen LogP contribution is 2.14. The molecule has 24 heavy (non-hydrogen) atoms. The van der Waals surface area contributed by atoms with Gasteiger partial charge in [-0.3, -0.25) is 0 Å². The maximum absolute atomic E-state index is 10.0. The van der Waals surface area contributed by atoms with Crippen LogP contribution in [0.5, 0.6) is 0 Å². The lowest BCUT2D eigenvalue weighted by Gasteiger charge is -2.13. The third-order valence-electron chi connectivity index (χ3n) is 4.71. The fraction of sp³-hybridized carbons (Fsp3) is 0.727. The van der Waals surface area contributed by atoms with Crippen LogP contribution in [0, 0.1) is 0 Å². The normalized spacial score (nSPS) is 12.3. The molecule has 2 nitrogen and oxygen atoms in total. The van der Waals surface area contributed by atoms with Crippen molar-refractivity contribution in [3.05, 3.63) is 29.8 Å². The van der Waals surface area contributed by atoms with Crippen molar-refractivity contribution in [1.29, 1.82) is 0 Å². The summed E-state index contributed by atoms with van der Waals surface area (Å²) in [5.74, 6) is 0. The maximum atomic E-state index is 10.0. The molecule has 0 aliphatic carbocycles. The lowest BCUT2D eigenvalue weighted by Crippen LogP contribution is -2.19. The second-order valence-electron chi connectivity index (χ2n) is 7.10. The van der Waals surface area contributed by atoms with Crippen LogP contribution in [0.15, 0.2) is 24.3 Å². The molecule has 0 heterocycles. The molecule has 0 fully saturated rings. The molecule has 0 unspecified atom stereocenters. The fourth-order valence-electron chi connectivity index (χ4n) is 3.04. The largest absolute Gasteiger partial charge is 0.391 e. The van der Waals surface area contributed by atoms with E-state index in [1.807, 2.05) is 0 Å². The van der Waals surface area contributed by atoms with Crippen LogP contribution in [-0.4, -0.2) is 17.8 Å². The molecule has 1 rings (SSSR count). The standard InChI is InChI=1S/C22H39NO/c1-3-5-7-9-10-11-13-20-15-17-21(18-16-20)23-19-22(24)14-12-8-6-4-2/h15-18,22-24H,3-14,19H2,1-2H3/t22-/m1/s1. The van der Waals surface area contributed by atoms with E-state index in [9.17, 15) is 5.11 Å². The Labute approximate surface area is 150 Å². The fourth-order valence-corrected chi connectivity index (χ4v) is 3.04. The smallest absolute Gasteiger partial charge is 0.0712 e. The molecule has 0 aromatic heterocycles. The number of aliphatic hydroxyl groups is 1. The highest BCUT2D eigenvalue weighted by molar-refractivity contribution is 5.44. The Morgan fingerprint density at radius 1 is 0.792 bits per heavy atom. The van der Waals surface area contributed by atoms with Gasteiger partial charge in [0, 0.05) is 12.2 Å². The molecule has 1 aromatic rings. The summed E-state index contributed by atoms with van der Waals surface area (Å²) >= 11 is 0. The molecular formula is C22H39NO. The number of benzene rings is 1. The molecule has 0 aliphatic rings. The van der Waals surface area contributed by atoms with Gasteiger partial charge in [0.25, 0.3) is 0 Å². The summed E-state index contributed by atoms with van der Waals surface area (Å²) in [4.78, 5) is 0. The maximum Gasteiger partial charge on any atom is 0.0712 e. The Hall–Kier alpha value is -1.02. The van der Waals surface area contributed by atoms with Crippen LogP contribution in [0.2, 0.25) is 0 Å². The molecule has 1 aromatic carbocycles. The van der Waals surface area contributed by atoms with Gasteiger partial charge in [-0.2, -0.15) is 0 Å². The van der Waals surface area contributed by atoms with Crippen molar-refractivity contribution in [2.24, 2.45) is 0 Å². The van der Waals surface area contributed by atoms with E-state index in [1.54, 1.807) is 0 Å². The van der Waals surface area contributed by atoms with Crippen molar-refractivity contribution in [3.63, 3.8) is 0 Å². The van der Waals surface area contributed by atoms with E-state index in [-0.39, 0.29) is 6.10 Å². The van der Waals surface area contributed by atoms with Crippen molar-refractivity contribution < 1.29 is 5.11 Å². The highest BCUT2D eigenvalue weighted by atomic mass is 16.3. The second kappa shape index (κ2) is 14.3. The first-order valence-corrected chi connectivity index (χ1v) is 10.3.